The van der Waals surface area contributed by atoms with E-state index in [1.807, 2.05) is 6.92 Å². The van der Waals surface area contributed by atoms with Gasteiger partial charge in [-0.15, -0.1) is 0 Å². The molecule has 0 bridgehead atoms. The number of nitrogens with zero attached hydrogens (tertiary/aromatic N) is 3. The topological polar surface area (TPSA) is 82.1 Å². The second kappa shape index (κ2) is 9.12. The molecule has 5 rings (SSSR count). The molecule has 0 amide bonds. The predicted molar refractivity (Wildman–Crippen MR) is 142 cm³/mol. The molecule has 4 fully saturated rings. The third-order valence-electron chi connectivity index (χ3n) is 12.5. The van der Waals surface area contributed by atoms with Gasteiger partial charge >= 0.3 is 0 Å². The third kappa shape index (κ3) is 3.97. The van der Waals surface area contributed by atoms with E-state index < -0.39 is 11.2 Å². The number of nitriles is 1. The summed E-state index contributed by atoms with van der Waals surface area (Å²) in [4.78, 5) is 0. The Balaban J connectivity index is 1.41. The summed E-state index contributed by atoms with van der Waals surface area (Å²) >= 11 is 0. The monoisotopic (exact) mass is 495 g/mol. The molecule has 2 N–H and O–H groups in total. The van der Waals surface area contributed by atoms with Gasteiger partial charge in [0.25, 0.3) is 0 Å². The molecule has 36 heavy (non-hydrogen) atoms. The van der Waals surface area contributed by atoms with Gasteiger partial charge in [0.2, 0.25) is 0 Å². The maximum atomic E-state index is 12.0. The van der Waals surface area contributed by atoms with Crippen molar-refractivity contribution >= 4 is 0 Å². The Labute approximate surface area is 218 Å². The molecule has 4 aliphatic rings. The van der Waals surface area contributed by atoms with Gasteiger partial charge in [-0.1, -0.05) is 34.1 Å². The molecule has 1 unspecified atom stereocenters. The van der Waals surface area contributed by atoms with Crippen LogP contribution in [0, 0.1) is 57.7 Å². The van der Waals surface area contributed by atoms with Crippen molar-refractivity contribution < 1.29 is 10.2 Å². The fraction of sp³-hybridized carbons (Fsp3) is 0.871. The Bertz CT molecular complexity index is 996. The van der Waals surface area contributed by atoms with Crippen LogP contribution in [0.15, 0.2) is 12.4 Å². The highest BCUT2D eigenvalue weighted by molar-refractivity contribution is 5.22. The first-order valence-corrected chi connectivity index (χ1v) is 14.8. The molecule has 0 aliphatic heterocycles. The first kappa shape index (κ1) is 26.2. The smallest absolute Gasteiger partial charge is 0.102 e. The fourth-order valence-corrected chi connectivity index (χ4v) is 10.7. The molecule has 1 heterocycles. The second-order valence-corrected chi connectivity index (χ2v) is 14.2. The second-order valence-electron chi connectivity index (χ2n) is 14.2. The molecule has 5 nitrogen and oxygen atoms in total. The summed E-state index contributed by atoms with van der Waals surface area (Å²) in [6.45, 7) is 12.3. The SMILES string of the molecule is CCC[C@@]1(O)CC[C@H]2[C@H](CC[C@@H]3[C@@H]2CC[C@]2(C)C([C@](C)(O)Cn4cc(C#N)cn4)CC[C@@H](C)[C@@]32C)C1. The van der Waals surface area contributed by atoms with Gasteiger partial charge < -0.3 is 10.2 Å². The van der Waals surface area contributed by atoms with Crippen molar-refractivity contribution in [2.45, 2.75) is 123 Å². The highest BCUT2D eigenvalue weighted by atomic mass is 16.3. The van der Waals surface area contributed by atoms with E-state index in [0.717, 1.165) is 43.9 Å². The molecule has 4 saturated carbocycles. The zero-order valence-corrected chi connectivity index (χ0v) is 23.3. The standard InChI is InChI=1S/C31H49N3O2/c1-6-13-31(36)15-12-24-23(16-31)8-9-26-25(24)11-14-28(3)27(10-7-21(2)30(26,28)5)29(4,35)20-34-19-22(17-32)18-33-34/h18-19,21,23-27,35-36H,6-16,20H2,1-5H3/t21-,23-,24+,25-,26-,27?,28-,29-,30+,31-/m1/s1. The molecule has 0 saturated heterocycles. The summed E-state index contributed by atoms with van der Waals surface area (Å²) in [5, 5.41) is 36.8. The van der Waals surface area contributed by atoms with E-state index in [-0.39, 0.29) is 16.7 Å². The number of aromatic nitrogens is 2. The van der Waals surface area contributed by atoms with Crippen LogP contribution in [-0.4, -0.2) is 31.2 Å². The van der Waals surface area contributed by atoms with Gasteiger partial charge in [0.1, 0.15) is 6.07 Å². The van der Waals surface area contributed by atoms with Crippen molar-refractivity contribution in [3.8, 4) is 6.07 Å². The lowest BCUT2D eigenvalue weighted by molar-refractivity contribution is -0.232. The first-order chi connectivity index (χ1) is 17.0. The average Bonchev–Trinajstić information content (AvgIpc) is 3.27. The first-order valence-electron chi connectivity index (χ1n) is 14.8. The van der Waals surface area contributed by atoms with E-state index in [2.05, 4.69) is 38.9 Å². The van der Waals surface area contributed by atoms with E-state index in [1.165, 1.54) is 38.5 Å². The van der Waals surface area contributed by atoms with E-state index >= 15 is 0 Å². The molecule has 1 aromatic rings. The number of hydrogen-bond donors (Lipinski definition) is 2. The largest absolute Gasteiger partial charge is 0.390 e. The zero-order chi connectivity index (χ0) is 25.9. The minimum atomic E-state index is -0.875. The van der Waals surface area contributed by atoms with Crippen LogP contribution in [0.1, 0.15) is 111 Å². The van der Waals surface area contributed by atoms with E-state index in [1.54, 1.807) is 17.1 Å². The van der Waals surface area contributed by atoms with Gasteiger partial charge in [-0.25, -0.2) is 0 Å². The molecule has 0 radical (unpaired) electrons. The number of fused-ring (bicyclic) bond motifs is 5. The highest BCUT2D eigenvalue weighted by Crippen LogP contribution is 2.71. The van der Waals surface area contributed by atoms with Crippen LogP contribution in [0.4, 0.5) is 0 Å². The lowest BCUT2D eigenvalue weighted by Crippen LogP contribution is -2.65. The van der Waals surface area contributed by atoms with Crippen molar-refractivity contribution in [2.24, 2.45) is 46.3 Å². The van der Waals surface area contributed by atoms with Gasteiger partial charge in [0, 0.05) is 6.20 Å². The van der Waals surface area contributed by atoms with Crippen LogP contribution in [0.3, 0.4) is 0 Å². The minimum absolute atomic E-state index is 0.0744. The molecule has 0 spiro atoms. The molecule has 1 aromatic heterocycles. The summed E-state index contributed by atoms with van der Waals surface area (Å²) in [6.07, 6.45) is 15.8. The Hall–Kier alpha value is -1.38. The lowest BCUT2D eigenvalue weighted by Gasteiger charge is -2.70. The predicted octanol–water partition coefficient (Wildman–Crippen LogP) is 6.33. The number of aliphatic hydroxyl groups is 2. The van der Waals surface area contributed by atoms with Crippen LogP contribution in [-0.2, 0) is 6.54 Å². The maximum absolute atomic E-state index is 12.0. The van der Waals surface area contributed by atoms with Gasteiger partial charge in [-0.05, 0) is 117 Å². The van der Waals surface area contributed by atoms with Crippen LogP contribution >= 0.6 is 0 Å². The quantitative estimate of drug-likeness (QED) is 0.500. The zero-order valence-electron chi connectivity index (χ0n) is 23.3. The molecule has 10 atom stereocenters. The van der Waals surface area contributed by atoms with E-state index in [9.17, 15) is 15.5 Å². The maximum Gasteiger partial charge on any atom is 0.102 e. The fourth-order valence-electron chi connectivity index (χ4n) is 10.7. The van der Waals surface area contributed by atoms with Crippen molar-refractivity contribution in [1.29, 1.82) is 5.26 Å². The van der Waals surface area contributed by atoms with E-state index in [4.69, 9.17) is 0 Å². The van der Waals surface area contributed by atoms with Crippen molar-refractivity contribution in [3.63, 3.8) is 0 Å². The van der Waals surface area contributed by atoms with Gasteiger partial charge in [-0.3, -0.25) is 4.68 Å². The minimum Gasteiger partial charge on any atom is -0.390 e. The van der Waals surface area contributed by atoms with Gasteiger partial charge in [0.15, 0.2) is 0 Å². The van der Waals surface area contributed by atoms with Crippen LogP contribution in [0.2, 0.25) is 0 Å². The van der Waals surface area contributed by atoms with Gasteiger partial charge in [0.05, 0.1) is 29.5 Å². The normalized spacial score (nSPS) is 46.1. The van der Waals surface area contributed by atoms with Crippen LogP contribution in [0.5, 0.6) is 0 Å². The third-order valence-corrected chi connectivity index (χ3v) is 12.5. The molecule has 4 aliphatic carbocycles. The summed E-state index contributed by atoms with van der Waals surface area (Å²) in [6, 6.07) is 2.16. The molecule has 0 aromatic carbocycles. The molecule has 200 valence electrons. The summed E-state index contributed by atoms with van der Waals surface area (Å²) in [7, 11) is 0. The highest BCUT2D eigenvalue weighted by Gasteiger charge is 2.66. The Morgan fingerprint density at radius 3 is 2.58 bits per heavy atom. The van der Waals surface area contributed by atoms with Crippen LogP contribution in [0.25, 0.3) is 0 Å². The molecular formula is C31H49N3O2. The van der Waals surface area contributed by atoms with Crippen molar-refractivity contribution in [2.75, 3.05) is 0 Å². The Morgan fingerprint density at radius 1 is 1.14 bits per heavy atom. The summed E-state index contributed by atoms with van der Waals surface area (Å²) in [5.74, 6) is 3.79. The molecular weight excluding hydrogens is 446 g/mol. The van der Waals surface area contributed by atoms with E-state index in [0.29, 0.717) is 29.9 Å². The van der Waals surface area contributed by atoms with Crippen molar-refractivity contribution in [3.05, 3.63) is 18.0 Å². The number of hydrogen-bond acceptors (Lipinski definition) is 4. The Kier molecular flexibility index (Phi) is 6.65. The Morgan fingerprint density at radius 2 is 1.89 bits per heavy atom. The van der Waals surface area contributed by atoms with Crippen molar-refractivity contribution in [1.82, 2.24) is 9.78 Å². The average molecular weight is 496 g/mol. The summed E-state index contributed by atoms with van der Waals surface area (Å²) < 4.78 is 1.77. The van der Waals surface area contributed by atoms with Crippen LogP contribution < -0.4 is 0 Å². The van der Waals surface area contributed by atoms with Gasteiger partial charge in [-0.2, -0.15) is 10.4 Å². The lowest BCUT2D eigenvalue weighted by atomic mass is 9.35. The molecule has 5 heteroatoms. The number of rotatable bonds is 5. The summed E-state index contributed by atoms with van der Waals surface area (Å²) in [5.41, 5.74) is -0.469.